The summed E-state index contributed by atoms with van der Waals surface area (Å²) < 4.78 is 3.72. The third-order valence-corrected chi connectivity index (χ3v) is 3.80. The Morgan fingerprint density at radius 3 is 2.96 bits per heavy atom. The summed E-state index contributed by atoms with van der Waals surface area (Å²) in [6.45, 7) is 5.45. The van der Waals surface area contributed by atoms with Crippen LogP contribution in [0.1, 0.15) is 36.7 Å². The molecule has 2 heterocycles. The summed E-state index contributed by atoms with van der Waals surface area (Å²) in [4.78, 5) is 16.4. The molecule has 0 aliphatic carbocycles. The van der Waals surface area contributed by atoms with Crippen LogP contribution in [0.25, 0.3) is 11.4 Å². The molecule has 0 unspecified atom stereocenters. The Labute approximate surface area is 145 Å². The second-order valence-electron chi connectivity index (χ2n) is 6.03. The van der Waals surface area contributed by atoms with E-state index in [9.17, 15) is 4.79 Å². The van der Waals surface area contributed by atoms with Crippen LogP contribution in [0.4, 0.5) is 0 Å². The first-order valence-electron chi connectivity index (χ1n) is 8.27. The molecular formula is C17H21N7O. The molecule has 1 amide bonds. The van der Waals surface area contributed by atoms with E-state index in [1.165, 1.54) is 0 Å². The number of nitrogens with zero attached hydrogens (tertiary/aromatic N) is 6. The molecule has 8 heteroatoms. The topological polar surface area (TPSA) is 90.5 Å². The van der Waals surface area contributed by atoms with E-state index in [1.54, 1.807) is 23.3 Å². The van der Waals surface area contributed by atoms with E-state index in [0.717, 1.165) is 18.5 Å². The highest BCUT2D eigenvalue weighted by Crippen LogP contribution is 2.20. The quantitative estimate of drug-likeness (QED) is 0.664. The molecule has 0 fully saturated rings. The average molecular weight is 339 g/mol. The summed E-state index contributed by atoms with van der Waals surface area (Å²) in [6.07, 6.45) is 6.26. The van der Waals surface area contributed by atoms with Crippen LogP contribution in [0.15, 0.2) is 43.0 Å². The van der Waals surface area contributed by atoms with E-state index >= 15 is 0 Å². The zero-order valence-electron chi connectivity index (χ0n) is 14.3. The molecule has 8 nitrogen and oxygen atoms in total. The van der Waals surface area contributed by atoms with E-state index in [2.05, 4.69) is 25.8 Å². The van der Waals surface area contributed by atoms with Crippen LogP contribution in [0, 0.1) is 0 Å². The Morgan fingerprint density at radius 1 is 1.32 bits per heavy atom. The van der Waals surface area contributed by atoms with E-state index < -0.39 is 0 Å². The number of imidazole rings is 1. The maximum Gasteiger partial charge on any atom is 0.251 e. The fourth-order valence-electron chi connectivity index (χ4n) is 2.52. The third kappa shape index (κ3) is 4.09. The first-order chi connectivity index (χ1) is 12.1. The van der Waals surface area contributed by atoms with Crippen LogP contribution in [0.3, 0.4) is 0 Å². The predicted molar refractivity (Wildman–Crippen MR) is 92.8 cm³/mol. The first-order valence-corrected chi connectivity index (χ1v) is 8.27. The molecular weight excluding hydrogens is 318 g/mol. The highest BCUT2D eigenvalue weighted by Gasteiger charge is 2.13. The van der Waals surface area contributed by atoms with Crippen molar-refractivity contribution in [2.75, 3.05) is 6.54 Å². The SMILES string of the molecule is CC(C)n1nnnc1-c1cccc(C(=O)NCCCn2ccnc2)c1. The van der Waals surface area contributed by atoms with Crippen molar-refractivity contribution in [2.24, 2.45) is 0 Å². The normalized spacial score (nSPS) is 11.0. The molecule has 0 spiro atoms. The van der Waals surface area contributed by atoms with Crippen LogP contribution in [0.5, 0.6) is 0 Å². The van der Waals surface area contributed by atoms with Crippen molar-refractivity contribution in [1.29, 1.82) is 0 Å². The van der Waals surface area contributed by atoms with Crippen molar-refractivity contribution < 1.29 is 4.79 Å². The minimum Gasteiger partial charge on any atom is -0.352 e. The van der Waals surface area contributed by atoms with Gasteiger partial charge in [0, 0.05) is 36.6 Å². The lowest BCUT2D eigenvalue weighted by molar-refractivity contribution is 0.0953. The van der Waals surface area contributed by atoms with Gasteiger partial charge in [0.2, 0.25) is 0 Å². The van der Waals surface area contributed by atoms with Gasteiger partial charge in [-0.15, -0.1) is 5.10 Å². The molecule has 0 atom stereocenters. The zero-order valence-corrected chi connectivity index (χ0v) is 14.3. The fourth-order valence-corrected chi connectivity index (χ4v) is 2.52. The van der Waals surface area contributed by atoms with Gasteiger partial charge in [-0.2, -0.15) is 0 Å². The Kier molecular flexibility index (Phi) is 5.17. The van der Waals surface area contributed by atoms with Gasteiger partial charge in [0.1, 0.15) is 0 Å². The predicted octanol–water partition coefficient (Wildman–Crippen LogP) is 1.94. The molecule has 2 aromatic heterocycles. The van der Waals surface area contributed by atoms with E-state index in [0.29, 0.717) is 17.9 Å². The second kappa shape index (κ2) is 7.69. The highest BCUT2D eigenvalue weighted by molar-refractivity contribution is 5.95. The number of amides is 1. The molecule has 1 aromatic carbocycles. The lowest BCUT2D eigenvalue weighted by Crippen LogP contribution is -2.25. The van der Waals surface area contributed by atoms with Crippen molar-refractivity contribution in [2.45, 2.75) is 32.9 Å². The van der Waals surface area contributed by atoms with Gasteiger partial charge < -0.3 is 9.88 Å². The zero-order chi connectivity index (χ0) is 17.6. The monoisotopic (exact) mass is 339 g/mol. The number of nitrogens with one attached hydrogen (secondary N) is 1. The number of carbonyl (C=O) groups excluding carboxylic acids is 1. The maximum atomic E-state index is 12.4. The molecule has 0 saturated heterocycles. The molecule has 0 bridgehead atoms. The van der Waals surface area contributed by atoms with Gasteiger partial charge in [-0.25, -0.2) is 9.67 Å². The number of hydrogen-bond donors (Lipinski definition) is 1. The van der Waals surface area contributed by atoms with E-state index in [4.69, 9.17) is 0 Å². The van der Waals surface area contributed by atoms with Crippen LogP contribution in [-0.4, -0.2) is 42.2 Å². The van der Waals surface area contributed by atoms with Gasteiger partial charge in [-0.05, 0) is 42.8 Å². The Hall–Kier alpha value is -3.03. The lowest BCUT2D eigenvalue weighted by Gasteiger charge is -2.09. The van der Waals surface area contributed by atoms with E-state index in [-0.39, 0.29) is 11.9 Å². The summed E-state index contributed by atoms with van der Waals surface area (Å²) in [5.41, 5.74) is 1.42. The van der Waals surface area contributed by atoms with Crippen LogP contribution in [0.2, 0.25) is 0 Å². The van der Waals surface area contributed by atoms with Crippen molar-refractivity contribution in [3.63, 3.8) is 0 Å². The fraction of sp³-hybridized carbons (Fsp3) is 0.353. The average Bonchev–Trinajstić information content (AvgIpc) is 3.30. The van der Waals surface area contributed by atoms with Crippen molar-refractivity contribution in [3.8, 4) is 11.4 Å². The smallest absolute Gasteiger partial charge is 0.251 e. The number of rotatable bonds is 7. The number of hydrogen-bond acceptors (Lipinski definition) is 5. The largest absolute Gasteiger partial charge is 0.352 e. The van der Waals surface area contributed by atoms with Crippen LogP contribution < -0.4 is 5.32 Å². The molecule has 0 saturated carbocycles. The highest BCUT2D eigenvalue weighted by atomic mass is 16.1. The molecule has 1 N–H and O–H groups in total. The van der Waals surface area contributed by atoms with Gasteiger partial charge in [-0.1, -0.05) is 12.1 Å². The summed E-state index contributed by atoms with van der Waals surface area (Å²) in [7, 11) is 0. The van der Waals surface area contributed by atoms with Gasteiger partial charge in [0.25, 0.3) is 5.91 Å². The Morgan fingerprint density at radius 2 is 2.20 bits per heavy atom. The summed E-state index contributed by atoms with van der Waals surface area (Å²) in [6, 6.07) is 7.49. The Balaban J connectivity index is 1.62. The number of aromatic nitrogens is 6. The maximum absolute atomic E-state index is 12.4. The van der Waals surface area contributed by atoms with Gasteiger partial charge in [0.15, 0.2) is 5.82 Å². The minimum atomic E-state index is -0.101. The third-order valence-electron chi connectivity index (χ3n) is 3.80. The van der Waals surface area contributed by atoms with Crippen molar-refractivity contribution in [3.05, 3.63) is 48.5 Å². The van der Waals surface area contributed by atoms with Gasteiger partial charge in [0.05, 0.1) is 12.4 Å². The van der Waals surface area contributed by atoms with Crippen LogP contribution in [-0.2, 0) is 6.54 Å². The minimum absolute atomic E-state index is 0.101. The lowest BCUT2D eigenvalue weighted by atomic mass is 10.1. The Bertz CT molecular complexity index is 823. The summed E-state index contributed by atoms with van der Waals surface area (Å²) >= 11 is 0. The molecule has 0 radical (unpaired) electrons. The standard InChI is InChI=1S/C17H21N7O/c1-13(2)24-16(20-21-22-24)14-5-3-6-15(11-14)17(25)19-7-4-9-23-10-8-18-12-23/h3,5-6,8,10-13H,4,7,9H2,1-2H3,(H,19,25). The molecule has 3 aromatic rings. The number of carbonyl (C=O) groups is 1. The number of tetrazole rings is 1. The number of aryl methyl sites for hydroxylation is 1. The summed E-state index contributed by atoms with van der Waals surface area (Å²) in [5, 5.41) is 14.7. The van der Waals surface area contributed by atoms with Crippen LogP contribution >= 0.6 is 0 Å². The van der Waals surface area contributed by atoms with Gasteiger partial charge in [-0.3, -0.25) is 4.79 Å². The second-order valence-corrected chi connectivity index (χ2v) is 6.03. The molecule has 3 rings (SSSR count). The first kappa shape index (κ1) is 16.8. The van der Waals surface area contributed by atoms with E-state index in [1.807, 2.05) is 42.8 Å². The molecule has 0 aliphatic heterocycles. The van der Waals surface area contributed by atoms with Gasteiger partial charge >= 0.3 is 0 Å². The molecule has 0 aliphatic rings. The summed E-state index contributed by atoms with van der Waals surface area (Å²) in [5.74, 6) is 0.556. The number of benzene rings is 1. The molecule has 25 heavy (non-hydrogen) atoms. The molecule has 130 valence electrons. The van der Waals surface area contributed by atoms with Crippen molar-refractivity contribution in [1.82, 2.24) is 35.1 Å². The van der Waals surface area contributed by atoms with Crippen molar-refractivity contribution >= 4 is 5.91 Å².